The Labute approximate surface area is 150 Å². The molecule has 1 saturated heterocycles. The number of ether oxygens (including phenoxy) is 1. The number of rotatable bonds is 5. The molecule has 0 N–H and O–H groups in total. The molecule has 132 valence electrons. The van der Waals surface area contributed by atoms with Crippen LogP contribution in [0.25, 0.3) is 0 Å². The van der Waals surface area contributed by atoms with Crippen LogP contribution in [0.15, 0.2) is 48.5 Å². The van der Waals surface area contributed by atoms with Gasteiger partial charge in [0.2, 0.25) is 0 Å². The summed E-state index contributed by atoms with van der Waals surface area (Å²) in [7, 11) is 0. The van der Waals surface area contributed by atoms with Crippen molar-refractivity contribution < 1.29 is 9.53 Å². The van der Waals surface area contributed by atoms with Gasteiger partial charge in [0, 0.05) is 31.9 Å². The third-order valence-corrected chi connectivity index (χ3v) is 4.73. The second kappa shape index (κ2) is 8.06. The normalized spacial score (nSPS) is 14.5. The van der Waals surface area contributed by atoms with Crippen molar-refractivity contribution in [2.24, 2.45) is 0 Å². The summed E-state index contributed by atoms with van der Waals surface area (Å²) in [4.78, 5) is 16.6. The van der Waals surface area contributed by atoms with E-state index < -0.39 is 0 Å². The number of carbonyl (C=O) groups excluding carboxylic acids is 1. The molecule has 4 heteroatoms. The van der Waals surface area contributed by atoms with Gasteiger partial charge in [-0.15, -0.1) is 0 Å². The monoisotopic (exact) mass is 338 g/mol. The number of hydrogen-bond donors (Lipinski definition) is 0. The van der Waals surface area contributed by atoms with Crippen molar-refractivity contribution in [3.63, 3.8) is 0 Å². The summed E-state index contributed by atoms with van der Waals surface area (Å²) < 4.78 is 5.61. The molecule has 4 nitrogen and oxygen atoms in total. The highest BCUT2D eigenvalue weighted by Gasteiger charge is 2.21. The van der Waals surface area contributed by atoms with E-state index in [9.17, 15) is 4.79 Å². The van der Waals surface area contributed by atoms with Gasteiger partial charge >= 0.3 is 0 Å². The van der Waals surface area contributed by atoms with E-state index in [1.54, 1.807) is 0 Å². The number of benzene rings is 2. The maximum Gasteiger partial charge on any atom is 0.260 e. The molecule has 0 atom stereocenters. The van der Waals surface area contributed by atoms with Crippen molar-refractivity contribution in [2.45, 2.75) is 20.3 Å². The minimum atomic E-state index is 0.0570. The van der Waals surface area contributed by atoms with Gasteiger partial charge < -0.3 is 14.5 Å². The first kappa shape index (κ1) is 17.3. The van der Waals surface area contributed by atoms with Crippen LogP contribution in [-0.2, 0) is 11.2 Å². The zero-order valence-electron chi connectivity index (χ0n) is 15.1. The van der Waals surface area contributed by atoms with Crippen molar-refractivity contribution in [1.82, 2.24) is 4.90 Å². The molecule has 3 rings (SSSR count). The number of nitrogens with zero attached hydrogens (tertiary/aromatic N) is 2. The average Bonchev–Trinajstić information content (AvgIpc) is 2.67. The first-order chi connectivity index (χ1) is 12.2. The minimum Gasteiger partial charge on any atom is -0.484 e. The zero-order chi connectivity index (χ0) is 17.6. The van der Waals surface area contributed by atoms with Crippen LogP contribution in [0, 0.1) is 6.92 Å². The number of aryl methyl sites for hydroxylation is 2. The molecule has 0 aromatic heterocycles. The number of anilines is 1. The molecule has 2 aromatic rings. The van der Waals surface area contributed by atoms with E-state index in [0.29, 0.717) is 0 Å². The summed E-state index contributed by atoms with van der Waals surface area (Å²) in [5, 5.41) is 0. The lowest BCUT2D eigenvalue weighted by atomic mass is 10.1. The Bertz CT molecular complexity index is 687. The van der Waals surface area contributed by atoms with Crippen molar-refractivity contribution >= 4 is 11.6 Å². The second-order valence-electron chi connectivity index (χ2n) is 6.49. The van der Waals surface area contributed by atoms with Crippen LogP contribution in [0.2, 0.25) is 0 Å². The summed E-state index contributed by atoms with van der Waals surface area (Å²) in [5.41, 5.74) is 3.77. The van der Waals surface area contributed by atoms with Gasteiger partial charge in [0.05, 0.1) is 0 Å². The van der Waals surface area contributed by atoms with Crippen LogP contribution >= 0.6 is 0 Å². The molecule has 0 spiro atoms. The quantitative estimate of drug-likeness (QED) is 0.839. The highest BCUT2D eigenvalue weighted by molar-refractivity contribution is 5.78. The summed E-state index contributed by atoms with van der Waals surface area (Å²) in [6.07, 6.45) is 1.06. The van der Waals surface area contributed by atoms with Gasteiger partial charge in [0.25, 0.3) is 5.91 Å². The lowest BCUT2D eigenvalue weighted by Crippen LogP contribution is -2.50. The Kier molecular flexibility index (Phi) is 5.59. The maximum absolute atomic E-state index is 12.3. The van der Waals surface area contributed by atoms with Crippen LogP contribution in [0.1, 0.15) is 18.1 Å². The highest BCUT2D eigenvalue weighted by atomic mass is 16.5. The van der Waals surface area contributed by atoms with E-state index in [1.165, 1.54) is 16.8 Å². The second-order valence-corrected chi connectivity index (χ2v) is 6.49. The van der Waals surface area contributed by atoms with Gasteiger partial charge in [-0.2, -0.15) is 0 Å². The first-order valence-corrected chi connectivity index (χ1v) is 8.97. The molecule has 0 saturated carbocycles. The standard InChI is InChI=1S/C21H26N2O2/c1-3-18-6-8-19(9-7-18)22-12-14-23(15-13-22)21(24)16-25-20-10-4-17(2)5-11-20/h4-11H,3,12-16H2,1-2H3. The third kappa shape index (κ3) is 4.53. The van der Waals surface area contributed by atoms with Crippen molar-refractivity contribution in [1.29, 1.82) is 0 Å². The Balaban J connectivity index is 1.47. The third-order valence-electron chi connectivity index (χ3n) is 4.73. The van der Waals surface area contributed by atoms with E-state index in [0.717, 1.165) is 38.3 Å². The van der Waals surface area contributed by atoms with Crippen LogP contribution in [0.4, 0.5) is 5.69 Å². The van der Waals surface area contributed by atoms with E-state index in [2.05, 4.69) is 36.1 Å². The van der Waals surface area contributed by atoms with Crippen LogP contribution in [-0.4, -0.2) is 43.6 Å². The lowest BCUT2D eigenvalue weighted by molar-refractivity contribution is -0.133. The lowest BCUT2D eigenvalue weighted by Gasteiger charge is -2.36. The van der Waals surface area contributed by atoms with E-state index in [1.807, 2.05) is 36.1 Å². The minimum absolute atomic E-state index is 0.0570. The van der Waals surface area contributed by atoms with Crippen molar-refractivity contribution in [3.8, 4) is 5.75 Å². The van der Waals surface area contributed by atoms with Gasteiger partial charge in [-0.3, -0.25) is 4.79 Å². The number of piperazine rings is 1. The molecule has 1 heterocycles. The fraction of sp³-hybridized carbons (Fsp3) is 0.381. The molecule has 0 radical (unpaired) electrons. The van der Waals surface area contributed by atoms with Crippen molar-refractivity contribution in [2.75, 3.05) is 37.7 Å². The molecular weight excluding hydrogens is 312 g/mol. The number of hydrogen-bond acceptors (Lipinski definition) is 3. The Morgan fingerprint density at radius 1 is 0.960 bits per heavy atom. The SMILES string of the molecule is CCc1ccc(N2CCN(C(=O)COc3ccc(C)cc3)CC2)cc1. The fourth-order valence-electron chi connectivity index (χ4n) is 3.03. The Hall–Kier alpha value is -2.49. The summed E-state index contributed by atoms with van der Waals surface area (Å²) >= 11 is 0. The first-order valence-electron chi connectivity index (χ1n) is 8.97. The van der Waals surface area contributed by atoms with Gasteiger partial charge in [-0.05, 0) is 43.2 Å². The molecule has 0 bridgehead atoms. The average molecular weight is 338 g/mol. The number of carbonyl (C=O) groups is 1. The smallest absolute Gasteiger partial charge is 0.260 e. The molecule has 25 heavy (non-hydrogen) atoms. The van der Waals surface area contributed by atoms with Gasteiger partial charge in [0.15, 0.2) is 6.61 Å². The molecule has 1 amide bonds. The Morgan fingerprint density at radius 2 is 1.60 bits per heavy atom. The van der Waals surface area contributed by atoms with Crippen molar-refractivity contribution in [3.05, 3.63) is 59.7 Å². The molecule has 1 fully saturated rings. The summed E-state index contributed by atoms with van der Waals surface area (Å²) in [5.74, 6) is 0.801. The summed E-state index contributed by atoms with van der Waals surface area (Å²) in [6.45, 7) is 7.51. The fourth-order valence-corrected chi connectivity index (χ4v) is 3.03. The molecule has 1 aliphatic heterocycles. The summed E-state index contributed by atoms with van der Waals surface area (Å²) in [6, 6.07) is 16.5. The predicted molar refractivity (Wildman–Crippen MR) is 101 cm³/mol. The van der Waals surface area contributed by atoms with E-state index >= 15 is 0 Å². The maximum atomic E-state index is 12.3. The topological polar surface area (TPSA) is 32.8 Å². The van der Waals surface area contributed by atoms with Crippen LogP contribution in [0.5, 0.6) is 5.75 Å². The highest BCUT2D eigenvalue weighted by Crippen LogP contribution is 2.18. The van der Waals surface area contributed by atoms with Gasteiger partial charge in [-0.25, -0.2) is 0 Å². The molecule has 1 aliphatic rings. The molecule has 0 aliphatic carbocycles. The molecular formula is C21H26N2O2. The predicted octanol–water partition coefficient (Wildman–Crippen LogP) is 3.29. The number of amides is 1. The van der Waals surface area contributed by atoms with Crippen LogP contribution in [0.3, 0.4) is 0 Å². The van der Waals surface area contributed by atoms with E-state index in [-0.39, 0.29) is 12.5 Å². The Morgan fingerprint density at radius 3 is 2.20 bits per heavy atom. The van der Waals surface area contributed by atoms with E-state index in [4.69, 9.17) is 4.74 Å². The zero-order valence-corrected chi connectivity index (χ0v) is 15.1. The molecule has 0 unspecified atom stereocenters. The van der Waals surface area contributed by atoms with Crippen LogP contribution < -0.4 is 9.64 Å². The van der Waals surface area contributed by atoms with Gasteiger partial charge in [0.1, 0.15) is 5.75 Å². The molecule has 2 aromatic carbocycles. The van der Waals surface area contributed by atoms with Gasteiger partial charge in [-0.1, -0.05) is 36.8 Å². The largest absolute Gasteiger partial charge is 0.484 e.